The number of anilines is 1. The third-order valence-corrected chi connectivity index (χ3v) is 4.87. The number of fused-ring (bicyclic) bond motifs is 1. The van der Waals surface area contributed by atoms with Crippen LogP contribution in [0, 0.1) is 11.8 Å². The number of nitrogens with zero attached hydrogens (tertiary/aromatic N) is 3. The molecule has 4 rings (SSSR count). The third kappa shape index (κ3) is 4.70. The standard InChI is InChI=1S/C24H21F2N5O/c1-31(2)9-3-4-23(32)30-21-11-15(5-6-20(21)25)17-10-18-19(14-29-24(18)28-13-17)16-7-8-27-22(26)12-16/h3-8,10-14H,9H2,1-2H3,(H,28,29)(H,30,32)/b4-3+. The van der Waals surface area contributed by atoms with Gasteiger partial charge in [-0.15, -0.1) is 0 Å². The molecule has 0 unspecified atom stereocenters. The highest BCUT2D eigenvalue weighted by Gasteiger charge is 2.12. The SMILES string of the molecule is CN(C)C/C=C/C(=O)Nc1cc(-c2cnc3[nH]cc(-c4ccnc(F)c4)c3c2)ccc1F. The van der Waals surface area contributed by atoms with E-state index in [0.717, 1.165) is 16.5 Å². The highest BCUT2D eigenvalue weighted by Crippen LogP contribution is 2.32. The molecule has 1 amide bonds. The summed E-state index contributed by atoms with van der Waals surface area (Å²) in [6.45, 7) is 0.599. The number of carbonyl (C=O) groups is 1. The lowest BCUT2D eigenvalue weighted by Crippen LogP contribution is -2.13. The van der Waals surface area contributed by atoms with Gasteiger partial charge in [0.1, 0.15) is 11.5 Å². The maximum Gasteiger partial charge on any atom is 0.248 e. The van der Waals surface area contributed by atoms with Crippen molar-refractivity contribution in [3.05, 3.63) is 78.9 Å². The molecule has 32 heavy (non-hydrogen) atoms. The highest BCUT2D eigenvalue weighted by atomic mass is 19.1. The van der Waals surface area contributed by atoms with E-state index in [9.17, 15) is 13.6 Å². The lowest BCUT2D eigenvalue weighted by molar-refractivity contribution is -0.111. The number of aromatic amines is 1. The second-order valence-corrected chi connectivity index (χ2v) is 7.54. The van der Waals surface area contributed by atoms with Crippen LogP contribution in [0.5, 0.6) is 0 Å². The number of halogens is 2. The fraction of sp³-hybridized carbons (Fsp3) is 0.125. The first kappa shape index (κ1) is 21.3. The molecule has 3 aromatic heterocycles. The molecule has 0 radical (unpaired) electrons. The maximum absolute atomic E-state index is 14.3. The van der Waals surface area contributed by atoms with Gasteiger partial charge in [0.05, 0.1) is 5.69 Å². The Hall–Kier alpha value is -3.91. The minimum absolute atomic E-state index is 0.0765. The molecule has 0 bridgehead atoms. The number of nitrogens with one attached hydrogen (secondary N) is 2. The molecular weight excluding hydrogens is 412 g/mol. The Labute approximate surface area is 183 Å². The largest absolute Gasteiger partial charge is 0.346 e. The molecule has 0 aliphatic heterocycles. The van der Waals surface area contributed by atoms with E-state index in [4.69, 9.17) is 0 Å². The average Bonchev–Trinajstić information content (AvgIpc) is 3.18. The van der Waals surface area contributed by atoms with Crippen LogP contribution in [0.3, 0.4) is 0 Å². The summed E-state index contributed by atoms with van der Waals surface area (Å²) in [5.74, 6) is -1.52. The molecule has 0 aliphatic rings. The van der Waals surface area contributed by atoms with Crippen molar-refractivity contribution < 1.29 is 13.6 Å². The van der Waals surface area contributed by atoms with Crippen molar-refractivity contribution in [1.82, 2.24) is 19.9 Å². The summed E-state index contributed by atoms with van der Waals surface area (Å²) in [5, 5.41) is 3.36. The molecule has 3 heterocycles. The van der Waals surface area contributed by atoms with E-state index in [-0.39, 0.29) is 5.69 Å². The zero-order valence-corrected chi connectivity index (χ0v) is 17.6. The van der Waals surface area contributed by atoms with Gasteiger partial charge in [-0.2, -0.15) is 4.39 Å². The van der Waals surface area contributed by atoms with Crippen LogP contribution in [0.1, 0.15) is 0 Å². The highest BCUT2D eigenvalue weighted by molar-refractivity contribution is 6.00. The smallest absolute Gasteiger partial charge is 0.248 e. The van der Waals surface area contributed by atoms with Crippen LogP contribution in [0.4, 0.5) is 14.5 Å². The van der Waals surface area contributed by atoms with Crippen LogP contribution in [-0.2, 0) is 4.79 Å². The summed E-state index contributed by atoms with van der Waals surface area (Å²) in [6, 6.07) is 9.44. The van der Waals surface area contributed by atoms with E-state index in [1.54, 1.807) is 36.7 Å². The molecule has 0 saturated carbocycles. The van der Waals surface area contributed by atoms with Gasteiger partial charge >= 0.3 is 0 Å². The third-order valence-electron chi connectivity index (χ3n) is 4.87. The van der Waals surface area contributed by atoms with Crippen LogP contribution in [0.15, 0.2) is 67.1 Å². The fourth-order valence-corrected chi connectivity index (χ4v) is 3.32. The number of rotatable bonds is 6. The zero-order valence-electron chi connectivity index (χ0n) is 17.6. The van der Waals surface area contributed by atoms with Gasteiger partial charge in [-0.25, -0.2) is 14.4 Å². The first-order chi connectivity index (χ1) is 15.4. The van der Waals surface area contributed by atoms with Crippen molar-refractivity contribution >= 4 is 22.6 Å². The van der Waals surface area contributed by atoms with E-state index in [2.05, 4.69) is 20.3 Å². The Kier molecular flexibility index (Phi) is 6.04. The van der Waals surface area contributed by atoms with Crippen molar-refractivity contribution in [2.24, 2.45) is 0 Å². The van der Waals surface area contributed by atoms with Gasteiger partial charge in [-0.1, -0.05) is 12.1 Å². The Balaban J connectivity index is 1.66. The number of benzene rings is 1. The van der Waals surface area contributed by atoms with Crippen LogP contribution < -0.4 is 5.32 Å². The van der Waals surface area contributed by atoms with E-state index in [1.807, 2.05) is 25.1 Å². The van der Waals surface area contributed by atoms with E-state index in [0.29, 0.717) is 23.3 Å². The Bertz CT molecular complexity index is 1310. The molecule has 1 aromatic carbocycles. The summed E-state index contributed by atoms with van der Waals surface area (Å²) < 4.78 is 27.9. The van der Waals surface area contributed by atoms with Gasteiger partial charge in [-0.3, -0.25) is 4.79 Å². The molecule has 0 atom stereocenters. The quantitative estimate of drug-likeness (QED) is 0.344. The summed E-state index contributed by atoms with van der Waals surface area (Å²) in [4.78, 5) is 25.1. The topological polar surface area (TPSA) is 73.9 Å². The summed E-state index contributed by atoms with van der Waals surface area (Å²) in [7, 11) is 3.77. The number of carbonyl (C=O) groups excluding carboxylic acids is 1. The number of aromatic nitrogens is 3. The Morgan fingerprint density at radius 3 is 2.72 bits per heavy atom. The van der Waals surface area contributed by atoms with E-state index >= 15 is 0 Å². The fourth-order valence-electron chi connectivity index (χ4n) is 3.32. The van der Waals surface area contributed by atoms with Gasteiger partial charge in [-0.05, 0) is 49.5 Å². The maximum atomic E-state index is 14.3. The van der Waals surface area contributed by atoms with Crippen LogP contribution in [0.2, 0.25) is 0 Å². The minimum Gasteiger partial charge on any atom is -0.346 e. The molecule has 2 N–H and O–H groups in total. The van der Waals surface area contributed by atoms with Gasteiger partial charge in [0.25, 0.3) is 0 Å². The first-order valence-corrected chi connectivity index (χ1v) is 9.92. The molecule has 0 fully saturated rings. The van der Waals surface area contributed by atoms with Gasteiger partial charge in [0, 0.05) is 53.8 Å². The number of hydrogen-bond donors (Lipinski definition) is 2. The van der Waals surface area contributed by atoms with Crippen molar-refractivity contribution in [3.8, 4) is 22.3 Å². The molecule has 162 valence electrons. The molecular formula is C24H21F2N5O. The molecule has 6 nitrogen and oxygen atoms in total. The number of hydrogen-bond acceptors (Lipinski definition) is 4. The number of likely N-dealkylation sites (N-methyl/N-ethyl adjacent to an activating group) is 1. The van der Waals surface area contributed by atoms with Gasteiger partial charge < -0.3 is 15.2 Å². The second-order valence-electron chi connectivity index (χ2n) is 7.54. The van der Waals surface area contributed by atoms with Crippen LogP contribution in [-0.4, -0.2) is 46.4 Å². The molecule has 0 saturated heterocycles. The Morgan fingerprint density at radius 2 is 1.94 bits per heavy atom. The van der Waals surface area contributed by atoms with Crippen molar-refractivity contribution in [1.29, 1.82) is 0 Å². The number of pyridine rings is 2. The first-order valence-electron chi connectivity index (χ1n) is 9.92. The monoisotopic (exact) mass is 433 g/mol. The van der Waals surface area contributed by atoms with Crippen LogP contribution in [0.25, 0.3) is 33.3 Å². The number of H-pyrrole nitrogens is 1. The summed E-state index contributed by atoms with van der Waals surface area (Å²) in [6.07, 6.45) is 7.89. The predicted octanol–water partition coefficient (Wildman–Crippen LogP) is 4.63. The van der Waals surface area contributed by atoms with Crippen molar-refractivity contribution in [2.45, 2.75) is 0 Å². The van der Waals surface area contributed by atoms with Gasteiger partial charge in [0.15, 0.2) is 0 Å². The summed E-state index contributed by atoms with van der Waals surface area (Å²) in [5.41, 5.74) is 3.57. The van der Waals surface area contributed by atoms with Crippen molar-refractivity contribution in [3.63, 3.8) is 0 Å². The predicted molar refractivity (Wildman–Crippen MR) is 121 cm³/mol. The van der Waals surface area contributed by atoms with Crippen LogP contribution >= 0.6 is 0 Å². The van der Waals surface area contributed by atoms with Crippen molar-refractivity contribution in [2.75, 3.05) is 26.0 Å². The normalized spacial score (nSPS) is 11.5. The molecule has 4 aromatic rings. The second kappa shape index (κ2) is 9.07. The van der Waals surface area contributed by atoms with E-state index in [1.165, 1.54) is 24.4 Å². The molecule has 0 aliphatic carbocycles. The lowest BCUT2D eigenvalue weighted by atomic mass is 10.0. The lowest BCUT2D eigenvalue weighted by Gasteiger charge is -2.09. The summed E-state index contributed by atoms with van der Waals surface area (Å²) >= 11 is 0. The zero-order chi connectivity index (χ0) is 22.7. The van der Waals surface area contributed by atoms with Gasteiger partial charge in [0.2, 0.25) is 11.9 Å². The van der Waals surface area contributed by atoms with E-state index < -0.39 is 17.7 Å². The molecule has 8 heteroatoms. The minimum atomic E-state index is -0.570. The Morgan fingerprint density at radius 1 is 1.09 bits per heavy atom. The average molecular weight is 433 g/mol. The number of amides is 1. The molecule has 0 spiro atoms.